The predicted octanol–water partition coefficient (Wildman–Crippen LogP) is 2.73. The minimum atomic E-state index is -4.36. The highest BCUT2D eigenvalue weighted by Gasteiger charge is 2.30. The first-order valence-electron chi connectivity index (χ1n) is 8.89. The van der Waals surface area contributed by atoms with Crippen molar-refractivity contribution in [3.63, 3.8) is 0 Å². The fraction of sp³-hybridized carbons (Fsp3) is 0.368. The molecule has 150 valence electrons. The van der Waals surface area contributed by atoms with E-state index in [4.69, 9.17) is 5.11 Å². The van der Waals surface area contributed by atoms with Gasteiger partial charge in [0.25, 0.3) is 0 Å². The van der Waals surface area contributed by atoms with Crippen LogP contribution in [0.2, 0.25) is 0 Å². The van der Waals surface area contributed by atoms with E-state index in [-0.39, 0.29) is 11.8 Å². The first-order chi connectivity index (χ1) is 13.3. The second kappa shape index (κ2) is 8.47. The maximum absolute atomic E-state index is 12.7. The number of carboxylic acid groups (broad SMARTS) is 1. The van der Waals surface area contributed by atoms with Crippen LogP contribution in [0.1, 0.15) is 17.7 Å². The maximum Gasteiger partial charge on any atom is 0.416 e. The summed E-state index contributed by atoms with van der Waals surface area (Å²) in [5.74, 6) is -1.02. The van der Waals surface area contributed by atoms with Crippen molar-refractivity contribution in [3.05, 3.63) is 53.9 Å². The molecule has 3 rings (SSSR count). The molecule has 3 N–H and O–H groups in total. The summed E-state index contributed by atoms with van der Waals surface area (Å²) in [5, 5.41) is 16.4. The van der Waals surface area contributed by atoms with Crippen molar-refractivity contribution in [1.29, 1.82) is 0 Å². The second-order valence-electron chi connectivity index (χ2n) is 6.76. The topological polar surface area (TPSA) is 78.7 Å². The van der Waals surface area contributed by atoms with Crippen LogP contribution in [-0.2, 0) is 11.0 Å². The average molecular weight is 394 g/mol. The van der Waals surface area contributed by atoms with Gasteiger partial charge in [0.05, 0.1) is 23.4 Å². The third kappa shape index (κ3) is 4.92. The number of carbonyl (C=O) groups is 1. The van der Waals surface area contributed by atoms with Crippen LogP contribution in [0.3, 0.4) is 0 Å². The van der Waals surface area contributed by atoms with Crippen molar-refractivity contribution < 1.29 is 23.1 Å². The molecule has 2 atom stereocenters. The summed E-state index contributed by atoms with van der Waals surface area (Å²) in [6.07, 6.45) is -0.446. The molecule has 28 heavy (non-hydrogen) atoms. The van der Waals surface area contributed by atoms with Gasteiger partial charge in [-0.3, -0.25) is 4.79 Å². The van der Waals surface area contributed by atoms with Crippen LogP contribution in [0.5, 0.6) is 0 Å². The summed E-state index contributed by atoms with van der Waals surface area (Å²) in [6.45, 7) is 1.75. The molecule has 0 radical (unpaired) electrons. The van der Waals surface area contributed by atoms with Crippen molar-refractivity contribution in [2.24, 2.45) is 16.9 Å². The molecule has 9 heteroatoms. The lowest BCUT2D eigenvalue weighted by atomic mass is 9.91. The smallest absolute Gasteiger partial charge is 0.416 e. The normalized spacial score (nSPS) is 20.4. The molecule has 0 aliphatic carbocycles. The molecule has 0 spiro atoms. The Hall–Kier alpha value is -2.81. The van der Waals surface area contributed by atoms with E-state index in [1.54, 1.807) is 29.1 Å². The molecule has 2 aromatic rings. The number of aliphatic carboxylic acids is 1. The SMILES string of the molecule is O=C(O)[C@H]1CNC[C@H](CN/N=C/c2cccn2-c2ccc(C(F)(F)F)cc2)C1. The molecule has 1 fully saturated rings. The van der Waals surface area contributed by atoms with Crippen LogP contribution in [0.25, 0.3) is 5.69 Å². The van der Waals surface area contributed by atoms with E-state index in [2.05, 4.69) is 15.8 Å². The van der Waals surface area contributed by atoms with Gasteiger partial charge in [0.1, 0.15) is 0 Å². The number of hydrogen-bond donors (Lipinski definition) is 3. The van der Waals surface area contributed by atoms with Gasteiger partial charge in [-0.15, -0.1) is 0 Å². The number of benzene rings is 1. The van der Waals surface area contributed by atoms with Gasteiger partial charge in [0, 0.05) is 25.0 Å². The number of rotatable bonds is 6. The maximum atomic E-state index is 12.7. The molecule has 1 aliphatic rings. The number of alkyl halides is 3. The largest absolute Gasteiger partial charge is 0.481 e. The van der Waals surface area contributed by atoms with Gasteiger partial charge >= 0.3 is 12.1 Å². The van der Waals surface area contributed by atoms with Gasteiger partial charge in [-0.05, 0) is 55.3 Å². The Morgan fingerprint density at radius 2 is 2.04 bits per heavy atom. The Labute approximate surface area is 160 Å². The van der Waals surface area contributed by atoms with Crippen molar-refractivity contribution >= 4 is 12.2 Å². The van der Waals surface area contributed by atoms with Crippen molar-refractivity contribution in [3.8, 4) is 5.69 Å². The second-order valence-corrected chi connectivity index (χ2v) is 6.76. The van der Waals surface area contributed by atoms with E-state index in [1.165, 1.54) is 12.1 Å². The Bertz CT molecular complexity index is 830. The number of aromatic nitrogens is 1. The molecule has 6 nitrogen and oxygen atoms in total. The molecule has 1 saturated heterocycles. The molecule has 0 amide bonds. The molecule has 0 saturated carbocycles. The van der Waals surface area contributed by atoms with E-state index < -0.39 is 17.7 Å². The van der Waals surface area contributed by atoms with E-state index in [0.29, 0.717) is 30.9 Å². The Balaban J connectivity index is 1.59. The predicted molar refractivity (Wildman–Crippen MR) is 98.5 cm³/mol. The molecule has 1 aromatic carbocycles. The zero-order valence-corrected chi connectivity index (χ0v) is 15.0. The third-order valence-corrected chi connectivity index (χ3v) is 4.71. The Morgan fingerprint density at radius 1 is 1.29 bits per heavy atom. The van der Waals surface area contributed by atoms with Crippen LogP contribution >= 0.6 is 0 Å². The van der Waals surface area contributed by atoms with Gasteiger partial charge in [-0.1, -0.05) is 0 Å². The lowest BCUT2D eigenvalue weighted by Crippen LogP contribution is -2.42. The Kier molecular flexibility index (Phi) is 6.03. The fourth-order valence-corrected chi connectivity index (χ4v) is 3.21. The first kappa shape index (κ1) is 19.9. The van der Waals surface area contributed by atoms with E-state index in [0.717, 1.165) is 18.7 Å². The number of hydrogen-bond acceptors (Lipinski definition) is 4. The lowest BCUT2D eigenvalue weighted by molar-refractivity contribution is -0.142. The molecule has 1 aliphatic heterocycles. The standard InChI is InChI=1S/C19H21F3N4O2/c20-19(21,22)15-3-5-16(6-4-15)26-7-1-2-17(26)12-25-24-10-13-8-14(18(27)28)11-23-9-13/h1-7,12-14,23-24H,8-11H2,(H,27,28)/b25-12+/t13-,14-/m1/s1. The van der Waals surface area contributed by atoms with Crippen LogP contribution in [0.15, 0.2) is 47.7 Å². The number of halogens is 3. The first-order valence-corrected chi connectivity index (χ1v) is 8.89. The highest BCUT2D eigenvalue weighted by molar-refractivity contribution is 5.78. The van der Waals surface area contributed by atoms with Crippen molar-refractivity contribution in [2.75, 3.05) is 19.6 Å². The molecular formula is C19H21F3N4O2. The quantitative estimate of drug-likeness (QED) is 0.520. The van der Waals surface area contributed by atoms with E-state index in [9.17, 15) is 18.0 Å². The summed E-state index contributed by atoms with van der Waals surface area (Å²) in [4.78, 5) is 11.1. The number of nitrogens with one attached hydrogen (secondary N) is 2. The summed E-state index contributed by atoms with van der Waals surface area (Å²) in [5.41, 5.74) is 3.54. The number of nitrogens with zero attached hydrogens (tertiary/aromatic N) is 2. The van der Waals surface area contributed by atoms with Crippen LogP contribution < -0.4 is 10.7 Å². The average Bonchev–Trinajstić information content (AvgIpc) is 3.13. The molecule has 0 unspecified atom stereocenters. The van der Waals surface area contributed by atoms with Crippen molar-refractivity contribution in [1.82, 2.24) is 15.3 Å². The summed E-state index contributed by atoms with van der Waals surface area (Å²) < 4.78 is 39.8. The van der Waals surface area contributed by atoms with Gasteiger partial charge < -0.3 is 20.4 Å². The van der Waals surface area contributed by atoms with Gasteiger partial charge in [0.15, 0.2) is 0 Å². The zero-order chi connectivity index (χ0) is 20.1. The van der Waals surface area contributed by atoms with Gasteiger partial charge in [-0.25, -0.2) is 0 Å². The van der Waals surface area contributed by atoms with Gasteiger partial charge in [0.2, 0.25) is 0 Å². The zero-order valence-electron chi connectivity index (χ0n) is 15.0. The van der Waals surface area contributed by atoms with Crippen LogP contribution in [-0.4, -0.2) is 41.5 Å². The minimum Gasteiger partial charge on any atom is -0.481 e. The van der Waals surface area contributed by atoms with E-state index in [1.807, 2.05) is 0 Å². The molecule has 0 bridgehead atoms. The van der Waals surface area contributed by atoms with Crippen LogP contribution in [0, 0.1) is 11.8 Å². The van der Waals surface area contributed by atoms with Gasteiger partial charge in [-0.2, -0.15) is 18.3 Å². The fourth-order valence-electron chi connectivity index (χ4n) is 3.21. The van der Waals surface area contributed by atoms with Crippen LogP contribution in [0.4, 0.5) is 13.2 Å². The number of piperidine rings is 1. The summed E-state index contributed by atoms with van der Waals surface area (Å²) in [7, 11) is 0. The summed E-state index contributed by atoms with van der Waals surface area (Å²) >= 11 is 0. The number of carboxylic acids is 1. The van der Waals surface area contributed by atoms with E-state index >= 15 is 0 Å². The highest BCUT2D eigenvalue weighted by atomic mass is 19.4. The molecular weight excluding hydrogens is 373 g/mol. The third-order valence-electron chi connectivity index (χ3n) is 4.71. The highest BCUT2D eigenvalue weighted by Crippen LogP contribution is 2.29. The Morgan fingerprint density at radius 3 is 2.71 bits per heavy atom. The summed E-state index contributed by atoms with van der Waals surface area (Å²) in [6, 6.07) is 8.49. The minimum absolute atomic E-state index is 0.161. The lowest BCUT2D eigenvalue weighted by Gasteiger charge is -2.27. The molecule has 2 heterocycles. The monoisotopic (exact) mass is 394 g/mol. The number of hydrazone groups is 1. The molecule has 1 aromatic heterocycles. The van der Waals surface area contributed by atoms with Crippen molar-refractivity contribution in [2.45, 2.75) is 12.6 Å².